The van der Waals surface area contributed by atoms with Gasteiger partial charge in [-0.1, -0.05) is 11.6 Å². The van der Waals surface area contributed by atoms with Crippen LogP contribution in [0.1, 0.15) is 31.5 Å². The lowest BCUT2D eigenvalue weighted by Crippen LogP contribution is -2.20. The first kappa shape index (κ1) is 14.4. The van der Waals surface area contributed by atoms with Gasteiger partial charge in [-0.15, -0.1) is 0 Å². The maximum atomic E-state index is 11.4. The molecule has 6 heteroatoms. The minimum Gasteiger partial charge on any atom is -0.479 e. The second-order valence-corrected chi connectivity index (χ2v) is 5.21. The van der Waals surface area contributed by atoms with Crippen LogP contribution in [0.15, 0.2) is 36.7 Å². The number of aromatic nitrogens is 2. The van der Waals surface area contributed by atoms with Crippen molar-refractivity contribution < 1.29 is 9.90 Å². The summed E-state index contributed by atoms with van der Waals surface area (Å²) in [5.74, 6) is -0.955. The van der Waals surface area contributed by atoms with Crippen LogP contribution in [-0.4, -0.2) is 20.9 Å². The lowest BCUT2D eigenvalue weighted by molar-refractivity contribution is -0.138. The monoisotopic (exact) mass is 293 g/mol. The van der Waals surface area contributed by atoms with Gasteiger partial charge < -0.3 is 10.4 Å². The van der Waals surface area contributed by atoms with E-state index in [1.165, 1.54) is 0 Å². The molecule has 0 saturated heterocycles. The first-order valence-corrected chi connectivity index (χ1v) is 6.64. The first-order chi connectivity index (χ1) is 9.47. The SMILES string of the molecule is CC(C)n1cc(C(Nc2ccc(Cl)cc2)C(=O)O)cn1. The molecule has 0 fully saturated rings. The number of nitrogens with one attached hydrogen (secondary N) is 1. The fourth-order valence-electron chi connectivity index (χ4n) is 1.78. The number of hydrogen-bond donors (Lipinski definition) is 2. The molecule has 0 radical (unpaired) electrons. The van der Waals surface area contributed by atoms with Gasteiger partial charge in [0.05, 0.1) is 6.20 Å². The number of rotatable bonds is 5. The number of carbonyl (C=O) groups is 1. The van der Waals surface area contributed by atoms with E-state index in [1.807, 2.05) is 13.8 Å². The normalized spacial score (nSPS) is 12.4. The molecule has 5 nitrogen and oxygen atoms in total. The number of carboxylic acids is 1. The zero-order chi connectivity index (χ0) is 14.7. The van der Waals surface area contributed by atoms with Crippen LogP contribution in [0.4, 0.5) is 5.69 Å². The quantitative estimate of drug-likeness (QED) is 0.887. The van der Waals surface area contributed by atoms with Gasteiger partial charge in [-0.25, -0.2) is 4.79 Å². The Labute approximate surface area is 122 Å². The highest BCUT2D eigenvalue weighted by atomic mass is 35.5. The summed E-state index contributed by atoms with van der Waals surface area (Å²) in [4.78, 5) is 11.4. The number of anilines is 1. The van der Waals surface area contributed by atoms with Crippen LogP contribution in [0.2, 0.25) is 5.02 Å². The van der Waals surface area contributed by atoms with Crippen LogP contribution in [0, 0.1) is 0 Å². The van der Waals surface area contributed by atoms with Crippen molar-refractivity contribution in [2.24, 2.45) is 0 Å². The van der Waals surface area contributed by atoms with Crippen molar-refractivity contribution in [3.63, 3.8) is 0 Å². The lowest BCUT2D eigenvalue weighted by Gasteiger charge is -2.14. The predicted octanol–water partition coefficient (Wildman–Crippen LogP) is 3.36. The van der Waals surface area contributed by atoms with Crippen molar-refractivity contribution in [3.05, 3.63) is 47.2 Å². The van der Waals surface area contributed by atoms with E-state index in [-0.39, 0.29) is 6.04 Å². The lowest BCUT2D eigenvalue weighted by atomic mass is 10.1. The first-order valence-electron chi connectivity index (χ1n) is 6.26. The second kappa shape index (κ2) is 5.96. The Hall–Kier alpha value is -2.01. The van der Waals surface area contributed by atoms with E-state index in [4.69, 9.17) is 11.6 Å². The minimum atomic E-state index is -0.955. The van der Waals surface area contributed by atoms with Crippen LogP contribution in [0.5, 0.6) is 0 Å². The summed E-state index contributed by atoms with van der Waals surface area (Å²) in [6.07, 6.45) is 3.31. The average Bonchev–Trinajstić information content (AvgIpc) is 2.87. The molecular formula is C14H16ClN3O2. The second-order valence-electron chi connectivity index (χ2n) is 4.77. The topological polar surface area (TPSA) is 67.2 Å². The van der Waals surface area contributed by atoms with E-state index in [1.54, 1.807) is 41.3 Å². The Morgan fingerprint density at radius 3 is 2.50 bits per heavy atom. The third-order valence-electron chi connectivity index (χ3n) is 2.89. The average molecular weight is 294 g/mol. The molecule has 1 aromatic carbocycles. The molecule has 0 spiro atoms. The number of halogens is 1. The van der Waals surface area contributed by atoms with E-state index >= 15 is 0 Å². The zero-order valence-corrected chi connectivity index (χ0v) is 12.0. The van der Waals surface area contributed by atoms with Crippen molar-refractivity contribution in [2.45, 2.75) is 25.9 Å². The number of aliphatic carboxylic acids is 1. The highest BCUT2D eigenvalue weighted by molar-refractivity contribution is 6.30. The third-order valence-corrected chi connectivity index (χ3v) is 3.14. The van der Waals surface area contributed by atoms with Crippen molar-refractivity contribution in [3.8, 4) is 0 Å². The number of hydrogen-bond acceptors (Lipinski definition) is 3. The van der Waals surface area contributed by atoms with Crippen LogP contribution in [0.3, 0.4) is 0 Å². The van der Waals surface area contributed by atoms with Crippen LogP contribution >= 0.6 is 11.6 Å². The molecule has 1 atom stereocenters. The van der Waals surface area contributed by atoms with Crippen molar-refractivity contribution in [2.75, 3.05) is 5.32 Å². The highest BCUT2D eigenvalue weighted by Gasteiger charge is 2.21. The molecule has 0 aliphatic carbocycles. The molecule has 2 aromatic rings. The fourth-order valence-corrected chi connectivity index (χ4v) is 1.91. The molecule has 1 aromatic heterocycles. The number of benzene rings is 1. The van der Waals surface area contributed by atoms with Gasteiger partial charge in [0.2, 0.25) is 0 Å². The fraction of sp³-hybridized carbons (Fsp3) is 0.286. The van der Waals surface area contributed by atoms with Gasteiger partial charge in [-0.2, -0.15) is 5.10 Å². The van der Waals surface area contributed by atoms with Gasteiger partial charge in [-0.3, -0.25) is 4.68 Å². The summed E-state index contributed by atoms with van der Waals surface area (Å²) < 4.78 is 1.73. The van der Waals surface area contributed by atoms with Gasteiger partial charge in [0.15, 0.2) is 6.04 Å². The van der Waals surface area contributed by atoms with Crippen molar-refractivity contribution in [1.29, 1.82) is 0 Å². The summed E-state index contributed by atoms with van der Waals surface area (Å²) >= 11 is 5.81. The van der Waals surface area contributed by atoms with E-state index in [9.17, 15) is 9.90 Å². The molecule has 1 unspecified atom stereocenters. The van der Waals surface area contributed by atoms with E-state index in [0.29, 0.717) is 16.3 Å². The summed E-state index contributed by atoms with van der Waals surface area (Å²) in [5, 5.41) is 17.1. The number of carboxylic acid groups (broad SMARTS) is 1. The molecular weight excluding hydrogens is 278 g/mol. The smallest absolute Gasteiger partial charge is 0.330 e. The minimum absolute atomic E-state index is 0.189. The molecule has 2 rings (SSSR count). The molecule has 106 valence electrons. The standard InChI is InChI=1S/C14H16ClN3O2/c1-9(2)18-8-10(7-16-18)13(14(19)20)17-12-5-3-11(15)4-6-12/h3-9,13,17H,1-2H3,(H,19,20). The molecule has 0 bridgehead atoms. The van der Waals surface area contributed by atoms with Crippen molar-refractivity contribution in [1.82, 2.24) is 9.78 Å². The largest absolute Gasteiger partial charge is 0.479 e. The van der Waals surface area contributed by atoms with Gasteiger partial charge in [0.1, 0.15) is 0 Å². The highest BCUT2D eigenvalue weighted by Crippen LogP contribution is 2.22. The zero-order valence-electron chi connectivity index (χ0n) is 11.2. The molecule has 1 heterocycles. The Kier molecular flexibility index (Phi) is 4.29. The molecule has 0 saturated carbocycles. The van der Waals surface area contributed by atoms with Crippen LogP contribution in [-0.2, 0) is 4.79 Å². The van der Waals surface area contributed by atoms with Gasteiger partial charge >= 0.3 is 5.97 Å². The predicted molar refractivity (Wildman–Crippen MR) is 78.1 cm³/mol. The molecule has 0 aliphatic rings. The molecule has 0 amide bonds. The number of nitrogens with zero attached hydrogens (tertiary/aromatic N) is 2. The van der Waals surface area contributed by atoms with Gasteiger partial charge in [0.25, 0.3) is 0 Å². The van der Waals surface area contributed by atoms with Gasteiger partial charge in [0, 0.05) is 28.5 Å². The van der Waals surface area contributed by atoms with Crippen LogP contribution < -0.4 is 5.32 Å². The van der Waals surface area contributed by atoms with Crippen LogP contribution in [0.25, 0.3) is 0 Å². The Balaban J connectivity index is 2.22. The van der Waals surface area contributed by atoms with E-state index in [2.05, 4.69) is 10.4 Å². The van der Waals surface area contributed by atoms with E-state index in [0.717, 1.165) is 0 Å². The summed E-state index contributed by atoms with van der Waals surface area (Å²) in [7, 11) is 0. The maximum absolute atomic E-state index is 11.4. The summed E-state index contributed by atoms with van der Waals surface area (Å²) in [6.45, 7) is 3.97. The Morgan fingerprint density at radius 2 is 2.00 bits per heavy atom. The Morgan fingerprint density at radius 1 is 1.35 bits per heavy atom. The Bertz CT molecular complexity index is 593. The van der Waals surface area contributed by atoms with Gasteiger partial charge in [-0.05, 0) is 38.1 Å². The summed E-state index contributed by atoms with van der Waals surface area (Å²) in [6, 6.07) is 6.24. The van der Waals surface area contributed by atoms with E-state index < -0.39 is 12.0 Å². The molecule has 20 heavy (non-hydrogen) atoms. The molecule has 2 N–H and O–H groups in total. The molecule has 0 aliphatic heterocycles. The van der Waals surface area contributed by atoms with Crippen molar-refractivity contribution >= 4 is 23.3 Å². The third kappa shape index (κ3) is 3.30. The summed E-state index contributed by atoms with van der Waals surface area (Å²) in [5.41, 5.74) is 1.31. The maximum Gasteiger partial charge on any atom is 0.330 e.